The minimum absolute atomic E-state index is 0.0628. The number of ether oxygens (including phenoxy) is 1. The normalized spacial score (nSPS) is 12.8. The Bertz CT molecular complexity index is 519. The van der Waals surface area contributed by atoms with E-state index in [4.69, 9.17) is 9.15 Å². The van der Waals surface area contributed by atoms with Gasteiger partial charge in [-0.25, -0.2) is 0 Å². The van der Waals surface area contributed by atoms with Gasteiger partial charge in [0.15, 0.2) is 0 Å². The first-order valence-electron chi connectivity index (χ1n) is 7.59. The third-order valence-corrected chi connectivity index (χ3v) is 3.44. The molecule has 0 saturated carbocycles. The van der Waals surface area contributed by atoms with Crippen LogP contribution in [-0.4, -0.2) is 6.54 Å². The summed E-state index contributed by atoms with van der Waals surface area (Å²) in [6, 6.07) is 12.3. The van der Waals surface area contributed by atoms with Gasteiger partial charge >= 0.3 is 0 Å². The molecule has 21 heavy (non-hydrogen) atoms. The first-order valence-corrected chi connectivity index (χ1v) is 7.59. The summed E-state index contributed by atoms with van der Waals surface area (Å²) < 4.78 is 11.5. The van der Waals surface area contributed by atoms with Gasteiger partial charge in [-0.2, -0.15) is 0 Å². The largest absolute Gasteiger partial charge is 0.467 e. The molecule has 1 unspecified atom stereocenters. The second kappa shape index (κ2) is 8.01. The lowest BCUT2D eigenvalue weighted by atomic mass is 10.1. The maximum Gasteiger partial charge on any atom is 0.133 e. The van der Waals surface area contributed by atoms with E-state index >= 15 is 0 Å². The first kappa shape index (κ1) is 15.8. The molecule has 0 saturated heterocycles. The van der Waals surface area contributed by atoms with Gasteiger partial charge in [-0.3, -0.25) is 0 Å². The topological polar surface area (TPSA) is 34.4 Å². The molecule has 0 spiro atoms. The Balaban J connectivity index is 1.84. The van der Waals surface area contributed by atoms with Gasteiger partial charge in [-0.1, -0.05) is 44.2 Å². The van der Waals surface area contributed by atoms with Crippen LogP contribution in [0, 0.1) is 5.92 Å². The van der Waals surface area contributed by atoms with Gasteiger partial charge in [-0.05, 0) is 31.0 Å². The molecule has 0 aliphatic rings. The molecule has 1 aromatic carbocycles. The molecule has 0 bridgehead atoms. The zero-order valence-electron chi connectivity index (χ0n) is 13.1. The molecule has 0 aliphatic carbocycles. The van der Waals surface area contributed by atoms with Crippen LogP contribution in [0.5, 0.6) is 0 Å². The molecule has 1 aromatic heterocycles. The van der Waals surface area contributed by atoms with Crippen LogP contribution in [0.4, 0.5) is 0 Å². The Morgan fingerprint density at radius 3 is 2.57 bits per heavy atom. The minimum Gasteiger partial charge on any atom is -0.467 e. The minimum atomic E-state index is 0.0628. The number of furan rings is 1. The highest BCUT2D eigenvalue weighted by atomic mass is 16.5. The summed E-state index contributed by atoms with van der Waals surface area (Å²) in [5, 5.41) is 3.43. The van der Waals surface area contributed by atoms with Crippen LogP contribution in [-0.2, 0) is 17.9 Å². The van der Waals surface area contributed by atoms with Crippen LogP contribution < -0.4 is 5.32 Å². The molecule has 0 radical (unpaired) electrons. The van der Waals surface area contributed by atoms with Crippen molar-refractivity contribution in [1.82, 2.24) is 5.32 Å². The summed E-state index contributed by atoms with van der Waals surface area (Å²) in [5.74, 6) is 1.56. The number of rotatable bonds is 8. The van der Waals surface area contributed by atoms with Crippen molar-refractivity contribution >= 4 is 0 Å². The van der Waals surface area contributed by atoms with Crippen molar-refractivity contribution in [3.8, 4) is 0 Å². The molecule has 2 aromatic rings. The van der Waals surface area contributed by atoms with E-state index in [1.807, 2.05) is 24.3 Å². The molecule has 3 heteroatoms. The summed E-state index contributed by atoms with van der Waals surface area (Å²) in [7, 11) is 0. The number of nitrogens with one attached hydrogen (secondary N) is 1. The van der Waals surface area contributed by atoms with E-state index in [1.165, 1.54) is 11.1 Å². The molecule has 0 aliphatic heterocycles. The van der Waals surface area contributed by atoms with Crippen molar-refractivity contribution < 1.29 is 9.15 Å². The molecule has 114 valence electrons. The van der Waals surface area contributed by atoms with Crippen molar-refractivity contribution in [2.45, 2.75) is 40.0 Å². The van der Waals surface area contributed by atoms with E-state index in [0.717, 1.165) is 18.8 Å². The van der Waals surface area contributed by atoms with Gasteiger partial charge in [0.05, 0.1) is 12.4 Å². The molecule has 0 fully saturated rings. The number of benzene rings is 1. The summed E-state index contributed by atoms with van der Waals surface area (Å²) in [6.07, 6.45) is 1.80. The van der Waals surface area contributed by atoms with Gasteiger partial charge in [0.25, 0.3) is 0 Å². The Hall–Kier alpha value is -1.58. The predicted octanol–water partition coefficient (Wildman–Crippen LogP) is 4.30. The van der Waals surface area contributed by atoms with Crippen molar-refractivity contribution in [3.05, 3.63) is 59.5 Å². The molecule has 0 amide bonds. The van der Waals surface area contributed by atoms with Gasteiger partial charge in [0.1, 0.15) is 12.4 Å². The van der Waals surface area contributed by atoms with Gasteiger partial charge in [0, 0.05) is 12.1 Å². The summed E-state index contributed by atoms with van der Waals surface area (Å²) in [6.45, 7) is 8.80. The van der Waals surface area contributed by atoms with E-state index in [9.17, 15) is 0 Å². The average molecular weight is 287 g/mol. The fourth-order valence-electron chi connectivity index (χ4n) is 2.17. The predicted molar refractivity (Wildman–Crippen MR) is 84.9 cm³/mol. The van der Waals surface area contributed by atoms with Crippen LogP contribution in [0.3, 0.4) is 0 Å². The number of hydrogen-bond donors (Lipinski definition) is 1. The number of hydrogen-bond acceptors (Lipinski definition) is 3. The summed E-state index contributed by atoms with van der Waals surface area (Å²) in [5.41, 5.74) is 2.36. The Kier molecular flexibility index (Phi) is 6.03. The van der Waals surface area contributed by atoms with E-state index in [-0.39, 0.29) is 6.10 Å². The van der Waals surface area contributed by atoms with Gasteiger partial charge < -0.3 is 14.5 Å². The molecule has 1 N–H and O–H groups in total. The second-order valence-corrected chi connectivity index (χ2v) is 5.76. The lowest BCUT2D eigenvalue weighted by Gasteiger charge is -2.13. The molecule has 1 heterocycles. The van der Waals surface area contributed by atoms with Crippen molar-refractivity contribution in [3.63, 3.8) is 0 Å². The second-order valence-electron chi connectivity index (χ2n) is 5.76. The molecule has 2 rings (SSSR count). The zero-order chi connectivity index (χ0) is 15.1. The fourth-order valence-corrected chi connectivity index (χ4v) is 2.17. The van der Waals surface area contributed by atoms with Crippen LogP contribution in [0.25, 0.3) is 0 Å². The SMILES string of the molecule is CC(C)CNCc1ccoc1COC(C)c1ccccc1. The van der Waals surface area contributed by atoms with E-state index in [2.05, 4.69) is 38.2 Å². The molecule has 1 atom stereocenters. The smallest absolute Gasteiger partial charge is 0.133 e. The highest BCUT2D eigenvalue weighted by molar-refractivity contribution is 5.18. The Morgan fingerprint density at radius 2 is 1.86 bits per heavy atom. The van der Waals surface area contributed by atoms with Crippen LogP contribution in [0.1, 0.15) is 43.8 Å². The van der Waals surface area contributed by atoms with Gasteiger partial charge in [0.2, 0.25) is 0 Å². The third kappa shape index (κ3) is 5.03. The van der Waals surface area contributed by atoms with Gasteiger partial charge in [-0.15, -0.1) is 0 Å². The highest BCUT2D eigenvalue weighted by Gasteiger charge is 2.10. The fraction of sp³-hybridized carbons (Fsp3) is 0.444. The Labute approximate surface area is 127 Å². The van der Waals surface area contributed by atoms with E-state index < -0.39 is 0 Å². The maximum atomic E-state index is 5.92. The monoisotopic (exact) mass is 287 g/mol. The maximum absolute atomic E-state index is 5.92. The van der Waals surface area contributed by atoms with E-state index in [0.29, 0.717) is 12.5 Å². The van der Waals surface area contributed by atoms with Crippen LogP contribution in [0.2, 0.25) is 0 Å². The van der Waals surface area contributed by atoms with Crippen molar-refractivity contribution in [2.24, 2.45) is 5.92 Å². The average Bonchev–Trinajstić information content (AvgIpc) is 2.93. The summed E-state index contributed by atoms with van der Waals surface area (Å²) in [4.78, 5) is 0. The molecular formula is C18H25NO2. The molecular weight excluding hydrogens is 262 g/mol. The quantitative estimate of drug-likeness (QED) is 0.786. The first-order chi connectivity index (χ1) is 10.2. The van der Waals surface area contributed by atoms with Crippen molar-refractivity contribution in [2.75, 3.05) is 6.54 Å². The van der Waals surface area contributed by atoms with Crippen LogP contribution in [0.15, 0.2) is 47.1 Å². The Morgan fingerprint density at radius 1 is 1.10 bits per heavy atom. The lowest BCUT2D eigenvalue weighted by Crippen LogP contribution is -2.19. The standard InChI is InChI=1S/C18H25NO2/c1-14(2)11-19-12-17-9-10-20-18(17)13-21-15(3)16-7-5-4-6-8-16/h4-10,14-15,19H,11-13H2,1-3H3. The highest BCUT2D eigenvalue weighted by Crippen LogP contribution is 2.20. The summed E-state index contributed by atoms with van der Waals surface area (Å²) >= 11 is 0. The van der Waals surface area contributed by atoms with E-state index in [1.54, 1.807) is 6.26 Å². The molecule has 3 nitrogen and oxygen atoms in total. The lowest BCUT2D eigenvalue weighted by molar-refractivity contribution is 0.0414. The van der Waals surface area contributed by atoms with Crippen molar-refractivity contribution in [1.29, 1.82) is 0 Å². The zero-order valence-corrected chi connectivity index (χ0v) is 13.1. The van der Waals surface area contributed by atoms with Crippen LogP contribution >= 0.6 is 0 Å². The third-order valence-electron chi connectivity index (χ3n) is 3.44.